The van der Waals surface area contributed by atoms with Crippen molar-refractivity contribution in [1.82, 2.24) is 0 Å². The normalized spacial score (nSPS) is 15.8. The highest BCUT2D eigenvalue weighted by molar-refractivity contribution is 5.69. The second kappa shape index (κ2) is 11.3. The van der Waals surface area contributed by atoms with Gasteiger partial charge in [0.1, 0.15) is 0 Å². The van der Waals surface area contributed by atoms with E-state index < -0.39 is 0 Å². The molecule has 112 valence electrons. The zero-order valence-electron chi connectivity index (χ0n) is 12.8. The number of hydrogen-bond donors (Lipinski definition) is 0. The molecule has 0 aromatic rings. The summed E-state index contributed by atoms with van der Waals surface area (Å²) in [7, 11) is 0. The third-order valence-electron chi connectivity index (χ3n) is 4.19. The van der Waals surface area contributed by atoms with Gasteiger partial charge in [0.2, 0.25) is 0 Å². The molecule has 0 radical (unpaired) electrons. The molecule has 1 saturated carbocycles. The summed E-state index contributed by atoms with van der Waals surface area (Å²) in [6, 6.07) is 0. The van der Waals surface area contributed by atoms with E-state index in [0.717, 1.165) is 6.42 Å². The fourth-order valence-corrected chi connectivity index (χ4v) is 2.86. The first-order valence-corrected chi connectivity index (χ1v) is 8.48. The van der Waals surface area contributed by atoms with Crippen LogP contribution >= 0.6 is 0 Å². The smallest absolute Gasteiger partial charge is 0.305 e. The van der Waals surface area contributed by atoms with Gasteiger partial charge < -0.3 is 4.74 Å². The molecule has 0 aliphatic heterocycles. The van der Waals surface area contributed by atoms with Crippen LogP contribution in [0.2, 0.25) is 0 Å². The van der Waals surface area contributed by atoms with Crippen molar-refractivity contribution in [2.45, 2.75) is 90.4 Å². The van der Waals surface area contributed by atoms with Crippen LogP contribution in [0, 0.1) is 5.92 Å². The lowest BCUT2D eigenvalue weighted by molar-refractivity contribution is -0.145. The molecule has 1 fully saturated rings. The maximum Gasteiger partial charge on any atom is 0.305 e. The largest absolute Gasteiger partial charge is 0.465 e. The van der Waals surface area contributed by atoms with Gasteiger partial charge in [-0.1, -0.05) is 64.7 Å². The van der Waals surface area contributed by atoms with Crippen molar-refractivity contribution in [1.29, 1.82) is 0 Å². The van der Waals surface area contributed by atoms with Crippen molar-refractivity contribution < 1.29 is 9.53 Å². The molecule has 0 aromatic heterocycles. The molecule has 2 heteroatoms. The summed E-state index contributed by atoms with van der Waals surface area (Å²) in [6.07, 6.45) is 16.0. The Morgan fingerprint density at radius 3 is 2.16 bits per heavy atom. The summed E-state index contributed by atoms with van der Waals surface area (Å²) in [5, 5.41) is 0. The first-order valence-electron chi connectivity index (χ1n) is 8.48. The van der Waals surface area contributed by atoms with E-state index >= 15 is 0 Å². The number of esters is 1. The summed E-state index contributed by atoms with van der Waals surface area (Å²) in [6.45, 7) is 2.92. The third-order valence-corrected chi connectivity index (χ3v) is 4.19. The summed E-state index contributed by atoms with van der Waals surface area (Å²) in [5.74, 6) is 0.681. The van der Waals surface area contributed by atoms with Gasteiger partial charge in [0, 0.05) is 6.42 Å². The quantitative estimate of drug-likeness (QED) is 0.378. The SMILES string of the molecule is CCCCCCCCCCC(=O)OCC1CCCC1. The molecule has 0 N–H and O–H groups in total. The second-order valence-corrected chi connectivity index (χ2v) is 6.06. The number of hydrogen-bond acceptors (Lipinski definition) is 2. The van der Waals surface area contributed by atoms with Gasteiger partial charge >= 0.3 is 5.97 Å². The lowest BCUT2D eigenvalue weighted by Crippen LogP contribution is -2.11. The van der Waals surface area contributed by atoms with Crippen LogP contribution < -0.4 is 0 Å². The molecule has 2 nitrogen and oxygen atoms in total. The lowest BCUT2D eigenvalue weighted by atomic mass is 10.1. The van der Waals surface area contributed by atoms with Crippen LogP contribution in [0.25, 0.3) is 0 Å². The molecular formula is C17H32O2. The first-order chi connectivity index (χ1) is 9.33. The van der Waals surface area contributed by atoms with E-state index in [0.29, 0.717) is 18.9 Å². The zero-order valence-corrected chi connectivity index (χ0v) is 12.8. The van der Waals surface area contributed by atoms with Crippen molar-refractivity contribution in [2.24, 2.45) is 5.92 Å². The van der Waals surface area contributed by atoms with Gasteiger partial charge in [-0.2, -0.15) is 0 Å². The van der Waals surface area contributed by atoms with Gasteiger partial charge in [-0.15, -0.1) is 0 Å². The van der Waals surface area contributed by atoms with E-state index in [4.69, 9.17) is 4.74 Å². The maximum atomic E-state index is 11.6. The highest BCUT2D eigenvalue weighted by Gasteiger charge is 2.16. The molecule has 19 heavy (non-hydrogen) atoms. The molecule has 0 amide bonds. The van der Waals surface area contributed by atoms with Crippen LogP contribution in [0.3, 0.4) is 0 Å². The Bertz CT molecular complexity index is 219. The molecule has 0 aromatic carbocycles. The Morgan fingerprint density at radius 1 is 0.947 bits per heavy atom. The number of ether oxygens (including phenoxy) is 1. The molecule has 1 aliphatic carbocycles. The van der Waals surface area contributed by atoms with Gasteiger partial charge in [0.25, 0.3) is 0 Å². The number of rotatable bonds is 11. The number of carbonyl (C=O) groups is 1. The first kappa shape index (κ1) is 16.5. The predicted octanol–water partition coefficient (Wildman–Crippen LogP) is 5.25. The van der Waals surface area contributed by atoms with Crippen molar-refractivity contribution in [2.75, 3.05) is 6.61 Å². The van der Waals surface area contributed by atoms with E-state index in [1.54, 1.807) is 0 Å². The Balaban J connectivity index is 1.81. The highest BCUT2D eigenvalue weighted by Crippen LogP contribution is 2.24. The number of carbonyl (C=O) groups excluding carboxylic acids is 1. The standard InChI is InChI=1S/C17H32O2/c1-2-3-4-5-6-7-8-9-14-17(18)19-15-16-12-10-11-13-16/h16H,2-15H2,1H3. The van der Waals surface area contributed by atoms with Crippen LogP contribution in [0.5, 0.6) is 0 Å². The highest BCUT2D eigenvalue weighted by atomic mass is 16.5. The predicted molar refractivity (Wildman–Crippen MR) is 80.1 cm³/mol. The minimum atomic E-state index is 0.0258. The van der Waals surface area contributed by atoms with E-state index in [-0.39, 0.29) is 5.97 Å². The molecule has 1 aliphatic rings. The van der Waals surface area contributed by atoms with Crippen LogP contribution in [0.1, 0.15) is 90.4 Å². The monoisotopic (exact) mass is 268 g/mol. The summed E-state index contributed by atoms with van der Waals surface area (Å²) in [4.78, 5) is 11.6. The van der Waals surface area contributed by atoms with Gasteiger partial charge in [0.15, 0.2) is 0 Å². The van der Waals surface area contributed by atoms with Gasteiger partial charge in [-0.3, -0.25) is 4.79 Å². The molecule has 0 unspecified atom stereocenters. The van der Waals surface area contributed by atoms with E-state index in [1.807, 2.05) is 0 Å². The Hall–Kier alpha value is -0.530. The van der Waals surface area contributed by atoms with Crippen LogP contribution in [0.15, 0.2) is 0 Å². The Kier molecular flexibility index (Phi) is 9.84. The molecule has 0 atom stereocenters. The zero-order chi connectivity index (χ0) is 13.8. The maximum absolute atomic E-state index is 11.6. The number of unbranched alkanes of at least 4 members (excludes halogenated alkanes) is 7. The van der Waals surface area contributed by atoms with Crippen LogP contribution in [-0.2, 0) is 9.53 Å². The molecule has 0 saturated heterocycles. The average Bonchev–Trinajstić information content (AvgIpc) is 2.93. The topological polar surface area (TPSA) is 26.3 Å². The van der Waals surface area contributed by atoms with E-state index in [9.17, 15) is 4.79 Å². The average molecular weight is 268 g/mol. The van der Waals surface area contributed by atoms with Gasteiger partial charge in [0.05, 0.1) is 6.61 Å². The van der Waals surface area contributed by atoms with Crippen LogP contribution in [0.4, 0.5) is 0 Å². The lowest BCUT2D eigenvalue weighted by Gasteiger charge is -2.09. The van der Waals surface area contributed by atoms with Crippen LogP contribution in [-0.4, -0.2) is 12.6 Å². The second-order valence-electron chi connectivity index (χ2n) is 6.06. The fourth-order valence-electron chi connectivity index (χ4n) is 2.86. The van der Waals surface area contributed by atoms with Gasteiger partial charge in [-0.25, -0.2) is 0 Å². The Morgan fingerprint density at radius 2 is 1.53 bits per heavy atom. The minimum absolute atomic E-state index is 0.0258. The van der Waals surface area contributed by atoms with Crippen molar-refractivity contribution in [3.8, 4) is 0 Å². The van der Waals surface area contributed by atoms with Crippen molar-refractivity contribution >= 4 is 5.97 Å². The molecule has 0 spiro atoms. The minimum Gasteiger partial charge on any atom is -0.465 e. The molecular weight excluding hydrogens is 236 g/mol. The van der Waals surface area contributed by atoms with E-state index in [2.05, 4.69) is 6.92 Å². The van der Waals surface area contributed by atoms with Crippen molar-refractivity contribution in [3.05, 3.63) is 0 Å². The van der Waals surface area contributed by atoms with Crippen molar-refractivity contribution in [3.63, 3.8) is 0 Å². The Labute approximate surface area is 119 Å². The fraction of sp³-hybridized carbons (Fsp3) is 0.941. The molecule has 1 rings (SSSR count). The van der Waals surface area contributed by atoms with Gasteiger partial charge in [-0.05, 0) is 25.2 Å². The molecule has 0 heterocycles. The summed E-state index contributed by atoms with van der Waals surface area (Å²) >= 11 is 0. The van der Waals surface area contributed by atoms with E-state index in [1.165, 1.54) is 70.6 Å². The molecule has 0 bridgehead atoms. The third kappa shape index (κ3) is 9.07. The summed E-state index contributed by atoms with van der Waals surface area (Å²) < 4.78 is 5.35. The summed E-state index contributed by atoms with van der Waals surface area (Å²) in [5.41, 5.74) is 0.